The normalized spacial score (nSPS) is 11.4. The van der Waals surface area contributed by atoms with Gasteiger partial charge >= 0.3 is 0 Å². The van der Waals surface area contributed by atoms with Crippen molar-refractivity contribution in [1.82, 2.24) is 14.5 Å². The lowest BCUT2D eigenvalue weighted by Crippen LogP contribution is -1.99. The number of hydrogen-bond acceptors (Lipinski definition) is 2. The summed E-state index contributed by atoms with van der Waals surface area (Å²) in [6, 6.07) is 17.0. The van der Waals surface area contributed by atoms with Crippen LogP contribution in [-0.2, 0) is 0 Å². The summed E-state index contributed by atoms with van der Waals surface area (Å²) in [6.07, 6.45) is 4.68. The zero-order valence-electron chi connectivity index (χ0n) is 13.1. The summed E-state index contributed by atoms with van der Waals surface area (Å²) in [4.78, 5) is 8.92. The van der Waals surface area contributed by atoms with Crippen molar-refractivity contribution in [3.63, 3.8) is 0 Å². The first-order valence-corrected chi connectivity index (χ1v) is 7.75. The van der Waals surface area contributed by atoms with Gasteiger partial charge in [-0.25, -0.2) is 18.7 Å². The fourth-order valence-corrected chi connectivity index (χ4v) is 2.71. The van der Waals surface area contributed by atoms with Crippen LogP contribution in [0.2, 0.25) is 0 Å². The molecule has 0 saturated carbocycles. The molecule has 0 fully saturated rings. The van der Waals surface area contributed by atoms with Crippen LogP contribution in [0.3, 0.4) is 0 Å². The molecule has 0 spiro atoms. The van der Waals surface area contributed by atoms with Crippen molar-refractivity contribution in [3.05, 3.63) is 89.9 Å². The van der Waals surface area contributed by atoms with E-state index in [4.69, 9.17) is 0 Å². The SMILES string of the molecule is Fc1cccc(F)c1/C=C/c1nc2ccccc2n1-c1ccccn1. The number of halogens is 2. The van der Waals surface area contributed by atoms with Crippen molar-refractivity contribution in [2.75, 3.05) is 0 Å². The molecule has 0 aliphatic heterocycles. The highest BCUT2D eigenvalue weighted by Gasteiger charge is 2.11. The number of rotatable bonds is 3. The van der Waals surface area contributed by atoms with Crippen molar-refractivity contribution in [2.45, 2.75) is 0 Å². The maximum atomic E-state index is 13.9. The average molecular weight is 333 g/mol. The predicted octanol–water partition coefficient (Wildman–Crippen LogP) is 4.87. The summed E-state index contributed by atoms with van der Waals surface area (Å²) in [5, 5.41) is 0. The van der Waals surface area contributed by atoms with Gasteiger partial charge in [-0.1, -0.05) is 24.3 Å². The van der Waals surface area contributed by atoms with Gasteiger partial charge in [0, 0.05) is 11.8 Å². The molecule has 122 valence electrons. The highest BCUT2D eigenvalue weighted by molar-refractivity contribution is 5.81. The summed E-state index contributed by atoms with van der Waals surface area (Å²) >= 11 is 0. The zero-order valence-corrected chi connectivity index (χ0v) is 13.1. The number of imidazole rings is 1. The second-order valence-electron chi connectivity index (χ2n) is 5.45. The summed E-state index contributed by atoms with van der Waals surface area (Å²) in [7, 11) is 0. The van der Waals surface area contributed by atoms with Gasteiger partial charge in [0.1, 0.15) is 23.3 Å². The molecule has 0 radical (unpaired) electrons. The minimum Gasteiger partial charge on any atom is -0.277 e. The standard InChI is InChI=1S/C20H13F2N3/c21-15-6-5-7-16(22)14(15)11-12-20-24-17-8-1-2-9-18(17)25(20)19-10-3-4-13-23-19/h1-13H/b12-11+. The van der Waals surface area contributed by atoms with E-state index in [0.29, 0.717) is 11.6 Å². The summed E-state index contributed by atoms with van der Waals surface area (Å²) in [6.45, 7) is 0. The van der Waals surface area contributed by atoms with Crippen LogP contribution in [0.4, 0.5) is 8.78 Å². The topological polar surface area (TPSA) is 30.7 Å². The molecule has 0 amide bonds. The first kappa shape index (κ1) is 15.2. The van der Waals surface area contributed by atoms with Crippen LogP contribution in [-0.4, -0.2) is 14.5 Å². The Labute approximate surface area is 142 Å². The summed E-state index contributed by atoms with van der Waals surface area (Å²) in [5.41, 5.74) is 1.55. The van der Waals surface area contributed by atoms with Crippen LogP contribution in [0, 0.1) is 11.6 Å². The Morgan fingerprint density at radius 2 is 1.56 bits per heavy atom. The second kappa shape index (κ2) is 6.28. The molecule has 5 heteroatoms. The lowest BCUT2D eigenvalue weighted by atomic mass is 10.2. The zero-order chi connectivity index (χ0) is 17.2. The number of hydrogen-bond donors (Lipinski definition) is 0. The van der Waals surface area contributed by atoms with E-state index in [2.05, 4.69) is 9.97 Å². The van der Waals surface area contributed by atoms with Crippen LogP contribution >= 0.6 is 0 Å². The third-order valence-corrected chi connectivity index (χ3v) is 3.86. The van der Waals surface area contributed by atoms with Crippen LogP contribution in [0.1, 0.15) is 11.4 Å². The molecular weight excluding hydrogens is 320 g/mol. The van der Waals surface area contributed by atoms with E-state index in [0.717, 1.165) is 11.0 Å². The van der Waals surface area contributed by atoms with Gasteiger partial charge in [-0.2, -0.15) is 0 Å². The Kier molecular flexibility index (Phi) is 3.82. The molecule has 2 aromatic heterocycles. The number of pyridine rings is 1. The Morgan fingerprint density at radius 3 is 2.32 bits per heavy atom. The maximum absolute atomic E-state index is 13.9. The van der Waals surface area contributed by atoms with E-state index in [1.165, 1.54) is 24.3 Å². The number of para-hydroxylation sites is 2. The van der Waals surface area contributed by atoms with Gasteiger partial charge < -0.3 is 0 Å². The molecule has 0 aliphatic carbocycles. The Balaban J connectivity index is 1.89. The van der Waals surface area contributed by atoms with E-state index in [-0.39, 0.29) is 5.56 Å². The summed E-state index contributed by atoms with van der Waals surface area (Å²) < 4.78 is 29.6. The molecule has 0 aliphatic rings. The van der Waals surface area contributed by atoms with E-state index in [9.17, 15) is 8.78 Å². The quantitative estimate of drug-likeness (QED) is 0.535. The molecule has 0 N–H and O–H groups in total. The largest absolute Gasteiger partial charge is 0.277 e. The Bertz CT molecular complexity index is 1050. The molecule has 4 rings (SSSR count). The monoisotopic (exact) mass is 333 g/mol. The van der Waals surface area contributed by atoms with E-state index >= 15 is 0 Å². The van der Waals surface area contributed by atoms with Crippen LogP contribution in [0.5, 0.6) is 0 Å². The average Bonchev–Trinajstić information content (AvgIpc) is 3.00. The van der Waals surface area contributed by atoms with Gasteiger partial charge in [-0.15, -0.1) is 0 Å². The van der Waals surface area contributed by atoms with Crippen molar-refractivity contribution in [2.24, 2.45) is 0 Å². The third-order valence-electron chi connectivity index (χ3n) is 3.86. The highest BCUT2D eigenvalue weighted by atomic mass is 19.1. The van der Waals surface area contributed by atoms with Gasteiger partial charge in [0.25, 0.3) is 0 Å². The van der Waals surface area contributed by atoms with Crippen molar-refractivity contribution in [1.29, 1.82) is 0 Å². The molecule has 2 aromatic carbocycles. The van der Waals surface area contributed by atoms with Crippen LogP contribution in [0.15, 0.2) is 66.9 Å². The highest BCUT2D eigenvalue weighted by Crippen LogP contribution is 2.22. The fourth-order valence-electron chi connectivity index (χ4n) is 2.71. The molecule has 0 unspecified atom stereocenters. The lowest BCUT2D eigenvalue weighted by molar-refractivity contribution is 0.579. The fraction of sp³-hybridized carbons (Fsp3) is 0. The number of aromatic nitrogens is 3. The lowest BCUT2D eigenvalue weighted by Gasteiger charge is -2.05. The minimum absolute atomic E-state index is 0.0953. The van der Waals surface area contributed by atoms with Gasteiger partial charge in [0.05, 0.1) is 11.0 Å². The molecule has 3 nitrogen and oxygen atoms in total. The minimum atomic E-state index is -0.614. The van der Waals surface area contributed by atoms with Crippen molar-refractivity contribution < 1.29 is 8.78 Å². The van der Waals surface area contributed by atoms with Gasteiger partial charge in [-0.3, -0.25) is 4.57 Å². The maximum Gasteiger partial charge on any atom is 0.139 e. The van der Waals surface area contributed by atoms with E-state index < -0.39 is 11.6 Å². The number of benzene rings is 2. The van der Waals surface area contributed by atoms with Gasteiger partial charge in [0.15, 0.2) is 0 Å². The molecular formula is C20H13F2N3. The Hall–Kier alpha value is -3.34. The Morgan fingerprint density at radius 1 is 0.800 bits per heavy atom. The third kappa shape index (κ3) is 2.80. The van der Waals surface area contributed by atoms with Gasteiger partial charge in [0.2, 0.25) is 0 Å². The van der Waals surface area contributed by atoms with Crippen molar-refractivity contribution in [3.8, 4) is 5.82 Å². The smallest absolute Gasteiger partial charge is 0.139 e. The van der Waals surface area contributed by atoms with Crippen molar-refractivity contribution >= 4 is 23.2 Å². The van der Waals surface area contributed by atoms with Gasteiger partial charge in [-0.05, 0) is 48.6 Å². The number of fused-ring (bicyclic) bond motifs is 1. The van der Waals surface area contributed by atoms with E-state index in [1.807, 2.05) is 47.0 Å². The van der Waals surface area contributed by atoms with Crippen LogP contribution < -0.4 is 0 Å². The molecule has 25 heavy (non-hydrogen) atoms. The molecule has 0 bridgehead atoms. The predicted molar refractivity (Wildman–Crippen MR) is 94.2 cm³/mol. The summed E-state index contributed by atoms with van der Waals surface area (Å²) in [5.74, 6) is 0.000836. The molecule has 0 saturated heterocycles. The molecule has 4 aromatic rings. The second-order valence-corrected chi connectivity index (χ2v) is 5.45. The van der Waals surface area contributed by atoms with Crippen LogP contribution in [0.25, 0.3) is 29.0 Å². The molecule has 2 heterocycles. The van der Waals surface area contributed by atoms with E-state index in [1.54, 1.807) is 12.3 Å². The first-order valence-electron chi connectivity index (χ1n) is 7.75. The molecule has 0 atom stereocenters. The number of nitrogens with zero attached hydrogens (tertiary/aromatic N) is 3. The first-order chi connectivity index (χ1) is 12.2.